The molecule has 0 aromatic heterocycles. The van der Waals surface area contributed by atoms with E-state index in [1.807, 2.05) is 12.1 Å². The van der Waals surface area contributed by atoms with Crippen molar-refractivity contribution >= 4 is 32.8 Å². The van der Waals surface area contributed by atoms with Crippen LogP contribution in [-0.4, -0.2) is 30.3 Å². The van der Waals surface area contributed by atoms with Crippen LogP contribution >= 0.6 is 11.8 Å². The minimum absolute atomic E-state index is 0.0512. The lowest BCUT2D eigenvalue weighted by Crippen LogP contribution is -2.29. The Hall–Kier alpha value is -1.90. The van der Waals surface area contributed by atoms with Crippen molar-refractivity contribution < 1.29 is 17.4 Å². The van der Waals surface area contributed by atoms with Crippen LogP contribution in [0.25, 0.3) is 0 Å². The monoisotopic (exact) mass is 366 g/mol. The molecule has 8 heteroatoms. The van der Waals surface area contributed by atoms with Gasteiger partial charge in [-0.25, -0.2) is 8.70 Å². The van der Waals surface area contributed by atoms with E-state index in [9.17, 15) is 17.4 Å². The zero-order valence-electron chi connectivity index (χ0n) is 12.6. The van der Waals surface area contributed by atoms with E-state index in [0.717, 1.165) is 39.3 Å². The summed E-state index contributed by atoms with van der Waals surface area (Å²) in [7, 11) is -4.47. The highest BCUT2D eigenvalue weighted by Gasteiger charge is 2.20. The molecule has 126 valence electrons. The Morgan fingerprint density at radius 2 is 1.79 bits per heavy atom. The van der Waals surface area contributed by atoms with Gasteiger partial charge >= 0.3 is 10.3 Å². The third-order valence-corrected chi connectivity index (χ3v) is 5.43. The Morgan fingerprint density at radius 1 is 1.12 bits per heavy atom. The molecule has 1 N–H and O–H groups in total. The number of rotatable bonds is 5. The maximum Gasteiger partial charge on any atom is 0.360 e. The Labute approximate surface area is 144 Å². The molecule has 0 radical (unpaired) electrons. The molecule has 0 spiro atoms. The van der Waals surface area contributed by atoms with E-state index in [1.54, 1.807) is 23.9 Å². The summed E-state index contributed by atoms with van der Waals surface area (Å²) < 4.78 is 46.6. The standard InChI is InChI=1S/C16H15FN2O3S2/c17-14-5-7-15(8-6-14)19(24(20,21)22)11-12-1-3-13(4-2-12)16-18-9-10-23-16/h1-8H,9-11H2,(H,20,21,22). The first-order chi connectivity index (χ1) is 11.4. The number of hydrogen-bond donors (Lipinski definition) is 1. The molecule has 0 amide bonds. The first-order valence-corrected chi connectivity index (χ1v) is 9.59. The fourth-order valence-electron chi connectivity index (χ4n) is 2.34. The predicted octanol–water partition coefficient (Wildman–Crippen LogP) is 3.13. The Balaban J connectivity index is 1.84. The smallest absolute Gasteiger partial charge is 0.277 e. The van der Waals surface area contributed by atoms with Gasteiger partial charge in [0.25, 0.3) is 0 Å². The van der Waals surface area contributed by atoms with Crippen molar-refractivity contribution in [1.82, 2.24) is 0 Å². The first kappa shape index (κ1) is 16.9. The summed E-state index contributed by atoms with van der Waals surface area (Å²) in [5.41, 5.74) is 1.88. The summed E-state index contributed by atoms with van der Waals surface area (Å²) in [5.74, 6) is 0.492. The van der Waals surface area contributed by atoms with Gasteiger partial charge in [-0.2, -0.15) is 8.42 Å². The van der Waals surface area contributed by atoms with Crippen LogP contribution < -0.4 is 4.31 Å². The molecule has 0 atom stereocenters. The Kier molecular flexibility index (Phi) is 4.88. The van der Waals surface area contributed by atoms with Gasteiger partial charge in [0.1, 0.15) is 5.82 Å². The number of nitrogens with zero attached hydrogens (tertiary/aromatic N) is 2. The zero-order valence-corrected chi connectivity index (χ0v) is 14.2. The third kappa shape index (κ3) is 3.95. The number of aliphatic imine (C=N–C) groups is 1. The molecule has 1 heterocycles. The van der Waals surface area contributed by atoms with E-state index >= 15 is 0 Å². The van der Waals surface area contributed by atoms with Crippen molar-refractivity contribution in [2.75, 3.05) is 16.6 Å². The van der Waals surface area contributed by atoms with Crippen LogP contribution in [0.4, 0.5) is 10.1 Å². The third-order valence-electron chi connectivity index (χ3n) is 3.51. The number of anilines is 1. The molecule has 2 aromatic rings. The molecule has 0 saturated carbocycles. The van der Waals surface area contributed by atoms with Gasteiger partial charge in [0.2, 0.25) is 0 Å². The second-order valence-electron chi connectivity index (χ2n) is 5.19. The first-order valence-electron chi connectivity index (χ1n) is 7.21. The highest BCUT2D eigenvalue weighted by Crippen LogP contribution is 2.23. The molecule has 0 saturated heterocycles. The molecule has 5 nitrogen and oxygen atoms in total. The van der Waals surface area contributed by atoms with Crippen LogP contribution in [0.5, 0.6) is 0 Å². The fourth-order valence-corrected chi connectivity index (χ4v) is 3.90. The molecule has 1 aliphatic rings. The van der Waals surface area contributed by atoms with Gasteiger partial charge in [-0.05, 0) is 29.8 Å². The average molecular weight is 366 g/mol. The molecular formula is C16H15FN2O3S2. The van der Waals surface area contributed by atoms with Crippen molar-refractivity contribution in [3.63, 3.8) is 0 Å². The van der Waals surface area contributed by atoms with E-state index < -0.39 is 16.1 Å². The highest BCUT2D eigenvalue weighted by atomic mass is 32.2. The Morgan fingerprint density at radius 3 is 2.33 bits per heavy atom. The predicted molar refractivity (Wildman–Crippen MR) is 94.4 cm³/mol. The van der Waals surface area contributed by atoms with Crippen LogP contribution in [0.1, 0.15) is 11.1 Å². The zero-order chi connectivity index (χ0) is 17.2. The molecule has 0 aliphatic carbocycles. The molecular weight excluding hydrogens is 351 g/mol. The molecule has 0 bridgehead atoms. The van der Waals surface area contributed by atoms with Gasteiger partial charge in [-0.1, -0.05) is 24.3 Å². The van der Waals surface area contributed by atoms with Crippen LogP contribution in [0, 0.1) is 5.82 Å². The molecule has 24 heavy (non-hydrogen) atoms. The summed E-state index contributed by atoms with van der Waals surface area (Å²) in [5, 5.41) is 0.978. The summed E-state index contributed by atoms with van der Waals surface area (Å²) in [4.78, 5) is 4.39. The lowest BCUT2D eigenvalue weighted by Gasteiger charge is -2.21. The topological polar surface area (TPSA) is 70.0 Å². The molecule has 3 rings (SSSR count). The summed E-state index contributed by atoms with van der Waals surface area (Å²) in [6, 6.07) is 12.2. The molecule has 0 fully saturated rings. The van der Waals surface area contributed by atoms with Crippen LogP contribution in [0.3, 0.4) is 0 Å². The van der Waals surface area contributed by atoms with Gasteiger partial charge in [-0.3, -0.25) is 9.55 Å². The summed E-state index contributed by atoms with van der Waals surface area (Å²) >= 11 is 1.69. The van der Waals surface area contributed by atoms with Crippen LogP contribution in [0.2, 0.25) is 0 Å². The molecule has 1 aliphatic heterocycles. The second-order valence-corrected chi connectivity index (χ2v) is 7.61. The molecule has 0 unspecified atom stereocenters. The van der Waals surface area contributed by atoms with E-state index in [1.165, 1.54) is 12.1 Å². The maximum absolute atomic E-state index is 13.0. The number of thioether (sulfide) groups is 1. The van der Waals surface area contributed by atoms with E-state index in [0.29, 0.717) is 5.56 Å². The maximum atomic E-state index is 13.0. The Bertz CT molecular complexity index is 850. The quantitative estimate of drug-likeness (QED) is 0.826. The van der Waals surface area contributed by atoms with E-state index in [4.69, 9.17) is 0 Å². The lowest BCUT2D eigenvalue weighted by atomic mass is 10.1. The van der Waals surface area contributed by atoms with Crippen molar-refractivity contribution in [2.24, 2.45) is 4.99 Å². The van der Waals surface area contributed by atoms with Crippen molar-refractivity contribution in [3.8, 4) is 0 Å². The van der Waals surface area contributed by atoms with E-state index in [-0.39, 0.29) is 12.2 Å². The van der Waals surface area contributed by atoms with Gasteiger partial charge in [0, 0.05) is 17.9 Å². The minimum atomic E-state index is -4.47. The normalized spacial score (nSPS) is 14.5. The number of halogens is 1. The van der Waals surface area contributed by atoms with E-state index in [2.05, 4.69) is 4.99 Å². The van der Waals surface area contributed by atoms with Crippen LogP contribution in [-0.2, 0) is 16.8 Å². The minimum Gasteiger partial charge on any atom is -0.277 e. The lowest BCUT2D eigenvalue weighted by molar-refractivity contribution is 0.477. The SMILES string of the molecule is O=S(=O)(O)N(Cc1ccc(C2=NCCS2)cc1)c1ccc(F)cc1. The van der Waals surface area contributed by atoms with Gasteiger partial charge in [-0.15, -0.1) is 11.8 Å². The van der Waals surface area contributed by atoms with Crippen LogP contribution in [0.15, 0.2) is 53.5 Å². The van der Waals surface area contributed by atoms with Gasteiger partial charge in [0.05, 0.1) is 17.3 Å². The average Bonchev–Trinajstić information content (AvgIpc) is 3.08. The highest BCUT2D eigenvalue weighted by molar-refractivity contribution is 8.14. The van der Waals surface area contributed by atoms with Crippen molar-refractivity contribution in [1.29, 1.82) is 0 Å². The molecule has 2 aromatic carbocycles. The fraction of sp³-hybridized carbons (Fsp3) is 0.188. The summed E-state index contributed by atoms with van der Waals surface area (Å²) in [6.07, 6.45) is 0. The van der Waals surface area contributed by atoms with Gasteiger partial charge in [0.15, 0.2) is 0 Å². The van der Waals surface area contributed by atoms with Crippen molar-refractivity contribution in [2.45, 2.75) is 6.54 Å². The number of hydrogen-bond acceptors (Lipinski definition) is 4. The number of benzene rings is 2. The second kappa shape index (κ2) is 6.92. The summed E-state index contributed by atoms with van der Waals surface area (Å²) in [6.45, 7) is 0.757. The van der Waals surface area contributed by atoms with Gasteiger partial charge < -0.3 is 0 Å². The largest absolute Gasteiger partial charge is 0.360 e. The van der Waals surface area contributed by atoms with Crippen molar-refractivity contribution in [3.05, 3.63) is 65.5 Å².